The van der Waals surface area contributed by atoms with Gasteiger partial charge in [-0.15, -0.1) is 0 Å². The quantitative estimate of drug-likeness (QED) is 0.258. The van der Waals surface area contributed by atoms with Crippen LogP contribution in [-0.4, -0.2) is 69.8 Å². The van der Waals surface area contributed by atoms with Gasteiger partial charge in [0.25, 0.3) is 0 Å². The van der Waals surface area contributed by atoms with Gasteiger partial charge >= 0.3 is 5.97 Å². The van der Waals surface area contributed by atoms with E-state index in [0.29, 0.717) is 24.3 Å². The Bertz CT molecular complexity index is 1370. The minimum Gasteiger partial charge on any atom is -0.458 e. The first-order chi connectivity index (χ1) is 21.5. The van der Waals surface area contributed by atoms with Crippen molar-refractivity contribution in [2.75, 3.05) is 12.4 Å². The molecule has 5 saturated carbocycles. The van der Waals surface area contributed by atoms with Crippen LogP contribution in [0.5, 0.6) is 0 Å². The Balaban J connectivity index is 1.13. The number of aliphatic hydroxyl groups is 4. The molecule has 1 heterocycles. The number of anilines is 1. The summed E-state index contributed by atoms with van der Waals surface area (Å²) in [5.41, 5.74) is -0.378. The van der Waals surface area contributed by atoms with Gasteiger partial charge in [0.2, 0.25) is 0 Å². The maximum absolute atomic E-state index is 13.4. The van der Waals surface area contributed by atoms with Crippen molar-refractivity contribution in [2.45, 2.75) is 136 Å². The molecule has 6 aliphatic rings. The number of fused-ring (bicyclic) bond motifs is 3. The van der Waals surface area contributed by atoms with Crippen molar-refractivity contribution >= 4 is 11.7 Å². The molecule has 13 atom stereocenters. The van der Waals surface area contributed by atoms with Gasteiger partial charge in [-0.2, -0.15) is 0 Å². The molecule has 0 radical (unpaired) electrons. The van der Waals surface area contributed by atoms with Gasteiger partial charge in [0, 0.05) is 29.5 Å². The molecule has 1 unspecified atom stereocenters. The van der Waals surface area contributed by atoms with E-state index in [-0.39, 0.29) is 56.9 Å². The molecule has 7 rings (SSSR count). The highest BCUT2D eigenvalue weighted by atomic mass is 16.6. The van der Waals surface area contributed by atoms with Crippen molar-refractivity contribution in [3.05, 3.63) is 29.8 Å². The molecule has 1 aliphatic heterocycles. The molecule has 1 aromatic rings. The van der Waals surface area contributed by atoms with Crippen LogP contribution in [-0.2, 0) is 9.47 Å². The number of carbonyl (C=O) groups excluding carboxylic acids is 1. The summed E-state index contributed by atoms with van der Waals surface area (Å²) in [4.78, 5) is 13.4. The summed E-state index contributed by atoms with van der Waals surface area (Å²) in [5, 5.41) is 47.8. The highest BCUT2D eigenvalue weighted by Gasteiger charge is 2.85. The van der Waals surface area contributed by atoms with E-state index in [1.165, 1.54) is 0 Å². The van der Waals surface area contributed by atoms with Crippen LogP contribution in [0.4, 0.5) is 5.69 Å². The second-order valence-corrected chi connectivity index (χ2v) is 17.9. The lowest BCUT2D eigenvalue weighted by Crippen LogP contribution is -2.66. The Morgan fingerprint density at radius 3 is 2.43 bits per heavy atom. The highest BCUT2D eigenvalue weighted by molar-refractivity contribution is 5.95. The number of hydrogen-bond acceptors (Lipinski definition) is 8. The fraction of sp³-hybridized carbons (Fsp3) is 0.816. The summed E-state index contributed by atoms with van der Waals surface area (Å²) >= 11 is 0. The Hall–Kier alpha value is -1.71. The van der Waals surface area contributed by atoms with E-state index in [0.717, 1.165) is 50.6 Å². The van der Waals surface area contributed by atoms with Crippen LogP contribution in [0.3, 0.4) is 0 Å². The zero-order chi connectivity index (χ0) is 33.2. The lowest BCUT2D eigenvalue weighted by atomic mass is 9.37. The Kier molecular flexibility index (Phi) is 7.42. The topological polar surface area (TPSA) is 128 Å². The first kappa shape index (κ1) is 32.8. The van der Waals surface area contributed by atoms with E-state index in [9.17, 15) is 25.2 Å². The van der Waals surface area contributed by atoms with E-state index in [4.69, 9.17) is 9.47 Å². The van der Waals surface area contributed by atoms with Crippen LogP contribution >= 0.6 is 0 Å². The van der Waals surface area contributed by atoms with Crippen LogP contribution < -0.4 is 5.32 Å². The number of esters is 1. The zero-order valence-electron chi connectivity index (χ0n) is 28.9. The third-order valence-electron chi connectivity index (χ3n) is 15.5. The van der Waals surface area contributed by atoms with Gasteiger partial charge in [-0.25, -0.2) is 4.79 Å². The largest absolute Gasteiger partial charge is 0.458 e. The normalized spacial score (nSPS) is 48.0. The number of benzene rings is 1. The molecule has 0 bridgehead atoms. The van der Waals surface area contributed by atoms with Gasteiger partial charge in [0.05, 0.1) is 23.4 Å². The number of ether oxygens (including phenoxy) is 2. The summed E-state index contributed by atoms with van der Waals surface area (Å²) in [6.45, 7) is 12.5. The number of hydrogen-bond donors (Lipinski definition) is 5. The van der Waals surface area contributed by atoms with Gasteiger partial charge in [0.15, 0.2) is 6.29 Å². The molecule has 0 aromatic heterocycles. The third kappa shape index (κ3) is 4.18. The fourth-order valence-electron chi connectivity index (χ4n) is 13.3. The van der Waals surface area contributed by atoms with Crippen LogP contribution in [0.2, 0.25) is 0 Å². The van der Waals surface area contributed by atoms with Crippen LogP contribution in [0.25, 0.3) is 0 Å². The molecule has 5 N–H and O–H groups in total. The Labute approximate surface area is 274 Å². The number of nitrogens with one attached hydrogen (secondary N) is 1. The highest BCUT2D eigenvalue weighted by Crippen LogP contribution is 2.91. The number of rotatable bonds is 6. The molecule has 256 valence electrons. The van der Waals surface area contributed by atoms with Crippen molar-refractivity contribution in [3.8, 4) is 0 Å². The third-order valence-corrected chi connectivity index (χ3v) is 15.5. The lowest BCUT2D eigenvalue weighted by molar-refractivity contribution is -0.242. The molecule has 0 amide bonds. The average Bonchev–Trinajstić information content (AvgIpc) is 3.37. The summed E-state index contributed by atoms with van der Waals surface area (Å²) in [6.07, 6.45) is 5.05. The molecule has 0 spiro atoms. The Morgan fingerprint density at radius 2 is 1.74 bits per heavy atom. The maximum atomic E-state index is 13.4. The fourth-order valence-corrected chi connectivity index (χ4v) is 13.3. The van der Waals surface area contributed by atoms with Crippen molar-refractivity contribution in [3.63, 3.8) is 0 Å². The number of para-hydroxylation sites is 1. The molecule has 46 heavy (non-hydrogen) atoms. The first-order valence-electron chi connectivity index (χ1n) is 17.9. The molecular formula is C38H57NO7. The van der Waals surface area contributed by atoms with Crippen molar-refractivity contribution in [1.29, 1.82) is 0 Å². The van der Waals surface area contributed by atoms with Gasteiger partial charge < -0.3 is 35.2 Å². The summed E-state index contributed by atoms with van der Waals surface area (Å²) in [6, 6.07) is 7.48. The predicted octanol–water partition coefficient (Wildman–Crippen LogP) is 5.52. The monoisotopic (exact) mass is 639 g/mol. The molecule has 8 heteroatoms. The van der Waals surface area contributed by atoms with E-state index >= 15 is 0 Å². The van der Waals surface area contributed by atoms with E-state index in [2.05, 4.69) is 33.0 Å². The van der Waals surface area contributed by atoms with Crippen LogP contribution in [0, 0.1) is 50.7 Å². The van der Waals surface area contributed by atoms with Gasteiger partial charge in [-0.05, 0) is 118 Å². The average molecular weight is 640 g/mol. The summed E-state index contributed by atoms with van der Waals surface area (Å²) < 4.78 is 12.2. The second kappa shape index (κ2) is 10.4. The SMILES string of the molecule is CNc1ccccc1C(=O)O[C@H]1CC[C@]2(C)[C@H]3CC[C@]45C[C@]4(CC[C@H]5[C@@H]4C[C@H]([C@H](O)C(C)(C)O)OC4O)[C@]3(C)[C@H](O)C[C@H]2C1(C)C. The Morgan fingerprint density at radius 1 is 1.02 bits per heavy atom. The minimum atomic E-state index is -1.30. The smallest absolute Gasteiger partial charge is 0.340 e. The number of carbonyl (C=O) groups is 1. The lowest BCUT2D eigenvalue weighted by Gasteiger charge is -2.68. The summed E-state index contributed by atoms with van der Waals surface area (Å²) in [5.74, 6) is 0.489. The van der Waals surface area contributed by atoms with Crippen molar-refractivity contribution in [2.24, 2.45) is 50.7 Å². The zero-order valence-corrected chi connectivity index (χ0v) is 28.9. The maximum Gasteiger partial charge on any atom is 0.340 e. The minimum absolute atomic E-state index is 0.0166. The second-order valence-electron chi connectivity index (χ2n) is 17.9. The van der Waals surface area contributed by atoms with Crippen molar-refractivity contribution < 1.29 is 34.7 Å². The van der Waals surface area contributed by atoms with E-state index in [1.807, 2.05) is 31.3 Å². The van der Waals surface area contributed by atoms with Gasteiger partial charge in [-0.1, -0.05) is 39.8 Å². The predicted molar refractivity (Wildman–Crippen MR) is 175 cm³/mol. The van der Waals surface area contributed by atoms with Crippen LogP contribution in [0.1, 0.15) is 110 Å². The van der Waals surface area contributed by atoms with E-state index in [1.54, 1.807) is 13.8 Å². The van der Waals surface area contributed by atoms with Crippen molar-refractivity contribution in [1.82, 2.24) is 0 Å². The standard InChI is InChI=1S/C38H57NO7/c1-33(2)27-19-28(40)36(6)26(35(27,5)15-14-29(33)46-31(42)21-10-8-9-11-24(21)39-7)13-16-37-20-38(36,37)17-12-23(37)22-18-25(45-32(22)43)30(41)34(3,4)44/h8-11,22-23,25-30,32,39-41,43-44H,12-20H2,1-7H3/t22-,23-,25+,26+,27-,28+,29-,30-,32?,35+,36-,37+,38+/m0/s1. The molecule has 6 fully saturated rings. The van der Waals surface area contributed by atoms with Crippen LogP contribution in [0.15, 0.2) is 24.3 Å². The van der Waals surface area contributed by atoms with Gasteiger partial charge in [-0.3, -0.25) is 0 Å². The van der Waals surface area contributed by atoms with Gasteiger partial charge in [0.1, 0.15) is 12.2 Å². The molecule has 8 nitrogen and oxygen atoms in total. The number of aliphatic hydroxyl groups excluding tert-OH is 3. The summed E-state index contributed by atoms with van der Waals surface area (Å²) in [7, 11) is 1.82. The molecular weight excluding hydrogens is 582 g/mol. The molecule has 5 aliphatic carbocycles. The first-order valence-corrected chi connectivity index (χ1v) is 17.9. The van der Waals surface area contributed by atoms with E-state index < -0.39 is 30.2 Å². The molecule has 1 saturated heterocycles. The molecule has 1 aromatic carbocycles.